The predicted molar refractivity (Wildman–Crippen MR) is 123 cm³/mol. The van der Waals surface area contributed by atoms with Gasteiger partial charge in [0.1, 0.15) is 5.01 Å². The van der Waals surface area contributed by atoms with E-state index in [0.29, 0.717) is 5.56 Å². The van der Waals surface area contributed by atoms with Crippen LogP contribution < -0.4 is 10.6 Å². The summed E-state index contributed by atoms with van der Waals surface area (Å²) in [5.41, 5.74) is 3.37. The summed E-state index contributed by atoms with van der Waals surface area (Å²) in [6.45, 7) is 0. The zero-order valence-corrected chi connectivity index (χ0v) is 17.7. The van der Waals surface area contributed by atoms with Gasteiger partial charge in [-0.25, -0.2) is 4.98 Å². The molecular formula is C21H14BrN3OS2. The number of nitrogens with zero attached hydrogens (tertiary/aromatic N) is 1. The lowest BCUT2D eigenvalue weighted by atomic mass is 10.2. The van der Waals surface area contributed by atoms with E-state index in [9.17, 15) is 4.79 Å². The summed E-state index contributed by atoms with van der Waals surface area (Å²) < 4.78 is 2.00. The van der Waals surface area contributed by atoms with E-state index in [0.717, 1.165) is 30.9 Å². The average Bonchev–Trinajstić information content (AvgIpc) is 3.12. The van der Waals surface area contributed by atoms with Crippen molar-refractivity contribution in [3.63, 3.8) is 0 Å². The van der Waals surface area contributed by atoms with Crippen molar-refractivity contribution >= 4 is 66.4 Å². The number of benzene rings is 3. The molecule has 1 aromatic heterocycles. The monoisotopic (exact) mass is 467 g/mol. The molecule has 4 aromatic rings. The Bertz CT molecular complexity index is 1140. The normalized spacial score (nSPS) is 10.6. The Balaban J connectivity index is 1.42. The van der Waals surface area contributed by atoms with E-state index in [4.69, 9.17) is 12.2 Å². The maximum absolute atomic E-state index is 12.3. The zero-order valence-electron chi connectivity index (χ0n) is 14.5. The Hall–Kier alpha value is -2.61. The van der Waals surface area contributed by atoms with E-state index >= 15 is 0 Å². The highest BCUT2D eigenvalue weighted by molar-refractivity contribution is 9.10. The molecule has 1 heterocycles. The van der Waals surface area contributed by atoms with Gasteiger partial charge in [0.25, 0.3) is 5.91 Å². The number of nitrogens with one attached hydrogen (secondary N) is 2. The molecule has 0 saturated carbocycles. The van der Waals surface area contributed by atoms with Gasteiger partial charge in [-0.1, -0.05) is 34.1 Å². The number of aromatic nitrogens is 1. The molecule has 0 spiro atoms. The maximum atomic E-state index is 12.3. The fourth-order valence-corrected chi connectivity index (χ4v) is 4.24. The largest absolute Gasteiger partial charge is 0.332 e. The lowest BCUT2D eigenvalue weighted by molar-refractivity contribution is 0.0977. The molecule has 0 unspecified atom stereocenters. The van der Waals surface area contributed by atoms with Crippen LogP contribution >= 0.6 is 39.5 Å². The van der Waals surface area contributed by atoms with Gasteiger partial charge in [-0.3, -0.25) is 10.1 Å². The van der Waals surface area contributed by atoms with E-state index in [1.807, 2.05) is 48.5 Å². The molecule has 0 bridgehead atoms. The van der Waals surface area contributed by atoms with Gasteiger partial charge in [0.2, 0.25) is 0 Å². The highest BCUT2D eigenvalue weighted by Gasteiger charge is 2.09. The number of anilines is 1. The Morgan fingerprint density at radius 1 is 1.00 bits per heavy atom. The topological polar surface area (TPSA) is 54.0 Å². The molecule has 0 radical (unpaired) electrons. The smallest absolute Gasteiger partial charge is 0.257 e. The molecule has 0 aliphatic rings. The van der Waals surface area contributed by atoms with Crippen LogP contribution in [0.4, 0.5) is 5.69 Å². The van der Waals surface area contributed by atoms with Crippen LogP contribution in [0.2, 0.25) is 0 Å². The summed E-state index contributed by atoms with van der Waals surface area (Å²) >= 11 is 10.3. The molecule has 0 fully saturated rings. The number of hydrogen-bond acceptors (Lipinski definition) is 4. The van der Waals surface area contributed by atoms with Gasteiger partial charge in [0, 0.05) is 21.3 Å². The molecule has 4 nitrogen and oxygen atoms in total. The van der Waals surface area contributed by atoms with Crippen LogP contribution in [0.1, 0.15) is 10.4 Å². The summed E-state index contributed by atoms with van der Waals surface area (Å²) in [6.07, 6.45) is 0. The number of fused-ring (bicyclic) bond motifs is 1. The zero-order chi connectivity index (χ0) is 19.5. The third-order valence-corrected chi connectivity index (χ3v) is 5.78. The van der Waals surface area contributed by atoms with Crippen LogP contribution in [0.15, 0.2) is 77.3 Å². The van der Waals surface area contributed by atoms with Crippen molar-refractivity contribution in [2.75, 3.05) is 5.32 Å². The molecule has 7 heteroatoms. The third kappa shape index (κ3) is 4.27. The van der Waals surface area contributed by atoms with Crippen LogP contribution in [-0.2, 0) is 0 Å². The van der Waals surface area contributed by atoms with Crippen LogP contribution in [0.5, 0.6) is 0 Å². The molecule has 0 aliphatic heterocycles. The number of halogens is 1. The van der Waals surface area contributed by atoms with E-state index in [2.05, 4.69) is 37.6 Å². The Morgan fingerprint density at radius 3 is 2.54 bits per heavy atom. The molecular weight excluding hydrogens is 454 g/mol. The molecule has 0 atom stereocenters. The third-order valence-electron chi connectivity index (χ3n) is 4.00. The van der Waals surface area contributed by atoms with Crippen LogP contribution in [0, 0.1) is 0 Å². The first kappa shape index (κ1) is 18.7. The number of amides is 1. The summed E-state index contributed by atoms with van der Waals surface area (Å²) in [4.78, 5) is 16.9. The van der Waals surface area contributed by atoms with Crippen molar-refractivity contribution < 1.29 is 4.79 Å². The van der Waals surface area contributed by atoms with Gasteiger partial charge < -0.3 is 5.32 Å². The quantitative estimate of drug-likeness (QED) is 0.370. The molecule has 0 aliphatic carbocycles. The number of carbonyl (C=O) groups is 1. The second-order valence-corrected chi connectivity index (χ2v) is 8.34. The first-order valence-corrected chi connectivity index (χ1v) is 10.4. The van der Waals surface area contributed by atoms with E-state index in [1.165, 1.54) is 0 Å². The van der Waals surface area contributed by atoms with Gasteiger partial charge in [-0.15, -0.1) is 11.3 Å². The number of thiazole rings is 1. The fourth-order valence-electron chi connectivity index (χ4n) is 2.66. The van der Waals surface area contributed by atoms with Crippen molar-refractivity contribution in [1.29, 1.82) is 0 Å². The van der Waals surface area contributed by atoms with Gasteiger partial charge in [-0.2, -0.15) is 0 Å². The molecule has 2 N–H and O–H groups in total. The highest BCUT2D eigenvalue weighted by atomic mass is 79.9. The average molecular weight is 468 g/mol. The first-order chi connectivity index (χ1) is 13.6. The maximum Gasteiger partial charge on any atom is 0.257 e. The minimum Gasteiger partial charge on any atom is -0.332 e. The van der Waals surface area contributed by atoms with E-state index in [-0.39, 0.29) is 11.0 Å². The van der Waals surface area contributed by atoms with Crippen LogP contribution in [-0.4, -0.2) is 16.0 Å². The Kier molecular flexibility index (Phi) is 5.47. The van der Waals surface area contributed by atoms with Crippen molar-refractivity contribution in [2.24, 2.45) is 0 Å². The van der Waals surface area contributed by atoms with Crippen molar-refractivity contribution in [3.8, 4) is 10.6 Å². The van der Waals surface area contributed by atoms with Crippen molar-refractivity contribution in [2.45, 2.75) is 0 Å². The second kappa shape index (κ2) is 8.18. The lowest BCUT2D eigenvalue weighted by Gasteiger charge is -2.10. The molecule has 28 heavy (non-hydrogen) atoms. The lowest BCUT2D eigenvalue weighted by Crippen LogP contribution is -2.34. The second-order valence-electron chi connectivity index (χ2n) is 5.98. The molecule has 3 aromatic carbocycles. The van der Waals surface area contributed by atoms with Gasteiger partial charge in [0.05, 0.1) is 10.2 Å². The summed E-state index contributed by atoms with van der Waals surface area (Å²) in [5, 5.41) is 6.94. The van der Waals surface area contributed by atoms with E-state index < -0.39 is 0 Å². The fraction of sp³-hybridized carbons (Fsp3) is 0. The highest BCUT2D eigenvalue weighted by Crippen LogP contribution is 2.30. The Labute approximate surface area is 179 Å². The molecule has 4 rings (SSSR count). The number of para-hydroxylation sites is 1. The Morgan fingerprint density at radius 2 is 1.79 bits per heavy atom. The van der Waals surface area contributed by atoms with Gasteiger partial charge in [0.15, 0.2) is 5.11 Å². The first-order valence-electron chi connectivity index (χ1n) is 8.42. The number of carbonyl (C=O) groups excluding carboxylic acids is 1. The SMILES string of the molecule is O=C(NC(=S)Nc1ccc(-c2nc3ccccc3s2)cc1)c1cccc(Br)c1. The number of hydrogen-bond donors (Lipinski definition) is 2. The predicted octanol–water partition coefficient (Wildman–Crippen LogP) is 5.85. The van der Waals surface area contributed by atoms with Gasteiger partial charge >= 0.3 is 0 Å². The summed E-state index contributed by atoms with van der Waals surface area (Å²) in [6, 6.07) is 23.0. The minimum absolute atomic E-state index is 0.248. The number of rotatable bonds is 3. The molecule has 138 valence electrons. The van der Waals surface area contributed by atoms with Crippen LogP contribution in [0.25, 0.3) is 20.8 Å². The summed E-state index contributed by atoms with van der Waals surface area (Å²) in [7, 11) is 0. The molecule has 1 amide bonds. The minimum atomic E-state index is -0.259. The standard InChI is InChI=1S/C21H14BrN3OS2/c22-15-5-3-4-14(12-15)19(26)25-21(27)23-16-10-8-13(9-11-16)20-24-17-6-1-2-7-18(17)28-20/h1-12H,(H2,23,25,26,27). The number of thiocarbonyl (C=S) groups is 1. The summed E-state index contributed by atoms with van der Waals surface area (Å²) in [5.74, 6) is -0.259. The molecule has 0 saturated heterocycles. The van der Waals surface area contributed by atoms with Crippen molar-refractivity contribution in [3.05, 3.63) is 82.8 Å². The van der Waals surface area contributed by atoms with Crippen molar-refractivity contribution in [1.82, 2.24) is 10.3 Å². The van der Waals surface area contributed by atoms with E-state index in [1.54, 1.807) is 29.5 Å². The van der Waals surface area contributed by atoms with Gasteiger partial charge in [-0.05, 0) is 66.8 Å². The van der Waals surface area contributed by atoms with Crippen LogP contribution in [0.3, 0.4) is 0 Å².